The molecule has 1 aromatic carbocycles. The molecule has 1 heterocycles. The summed E-state index contributed by atoms with van der Waals surface area (Å²) in [7, 11) is 0. The van der Waals surface area contributed by atoms with Gasteiger partial charge in [-0.3, -0.25) is 0 Å². The number of nitrogens with zero attached hydrogens (tertiary/aromatic N) is 1. The van der Waals surface area contributed by atoms with E-state index in [1.165, 1.54) is 6.92 Å². The van der Waals surface area contributed by atoms with Gasteiger partial charge in [0.1, 0.15) is 0 Å². The lowest BCUT2D eigenvalue weighted by Gasteiger charge is -1.89. The van der Waals surface area contributed by atoms with Gasteiger partial charge in [0.15, 0.2) is 11.5 Å². The predicted octanol–water partition coefficient (Wildman–Crippen LogP) is 1.95. The third-order valence-electron chi connectivity index (χ3n) is 1.28. The van der Waals surface area contributed by atoms with E-state index < -0.39 is 0 Å². The fourth-order valence-corrected chi connectivity index (χ4v) is 0.845. The van der Waals surface area contributed by atoms with Crippen molar-refractivity contribution < 1.29 is 9.47 Å². The quantitative estimate of drug-likeness (QED) is 0.587. The van der Waals surface area contributed by atoms with Crippen molar-refractivity contribution in [2.24, 2.45) is 0 Å². The lowest BCUT2D eigenvalue weighted by Crippen LogP contribution is -1.92. The molecule has 2 rings (SSSR count). The van der Waals surface area contributed by atoms with Gasteiger partial charge in [0.05, 0.1) is 6.07 Å². The summed E-state index contributed by atoms with van der Waals surface area (Å²) in [6, 6.07) is 9.38. The van der Waals surface area contributed by atoms with E-state index in [2.05, 4.69) is 0 Å². The van der Waals surface area contributed by atoms with Crippen LogP contribution in [-0.2, 0) is 0 Å². The van der Waals surface area contributed by atoms with E-state index in [1.807, 2.05) is 24.3 Å². The molecule has 0 radical (unpaired) electrons. The molecule has 3 nitrogen and oxygen atoms in total. The Kier molecular flexibility index (Phi) is 2.97. The molecule has 0 aromatic heterocycles. The molecule has 3 heteroatoms. The van der Waals surface area contributed by atoms with Crippen molar-refractivity contribution in [2.45, 2.75) is 6.92 Å². The van der Waals surface area contributed by atoms with Gasteiger partial charge in [0.25, 0.3) is 0 Å². The average molecular weight is 163 g/mol. The maximum Gasteiger partial charge on any atom is 0.231 e. The van der Waals surface area contributed by atoms with Crippen LogP contribution in [0.25, 0.3) is 0 Å². The second kappa shape index (κ2) is 4.24. The average Bonchev–Trinajstić information content (AvgIpc) is 2.52. The van der Waals surface area contributed by atoms with Crippen LogP contribution >= 0.6 is 0 Å². The molecule has 12 heavy (non-hydrogen) atoms. The van der Waals surface area contributed by atoms with Crippen LogP contribution in [0, 0.1) is 11.3 Å². The van der Waals surface area contributed by atoms with Gasteiger partial charge in [-0.15, -0.1) is 0 Å². The highest BCUT2D eigenvalue weighted by Crippen LogP contribution is 2.30. The molecule has 0 N–H and O–H groups in total. The molecule has 0 spiro atoms. The molecular formula is C9H9NO2. The molecule has 62 valence electrons. The fourth-order valence-electron chi connectivity index (χ4n) is 0.845. The topological polar surface area (TPSA) is 42.2 Å². The Morgan fingerprint density at radius 2 is 1.67 bits per heavy atom. The normalized spacial score (nSPS) is 11.0. The number of hydrogen-bond acceptors (Lipinski definition) is 3. The Labute approximate surface area is 71.1 Å². The zero-order chi connectivity index (χ0) is 8.81. The highest BCUT2D eigenvalue weighted by Gasteiger charge is 2.09. The lowest BCUT2D eigenvalue weighted by molar-refractivity contribution is 0.174. The SMILES string of the molecule is CC#N.c1ccc2c(c1)OCO2. The minimum atomic E-state index is 0.360. The monoisotopic (exact) mass is 163 g/mol. The van der Waals surface area contributed by atoms with Crippen LogP contribution in [0.4, 0.5) is 0 Å². The smallest absolute Gasteiger partial charge is 0.231 e. The number of benzene rings is 1. The Hall–Kier alpha value is -1.69. The third kappa shape index (κ3) is 1.89. The molecule has 1 aliphatic heterocycles. The summed E-state index contributed by atoms with van der Waals surface area (Å²) in [4.78, 5) is 0. The van der Waals surface area contributed by atoms with Crippen LogP contribution in [0.5, 0.6) is 11.5 Å². The van der Waals surface area contributed by atoms with Gasteiger partial charge in [-0.2, -0.15) is 5.26 Å². The van der Waals surface area contributed by atoms with Crippen LogP contribution < -0.4 is 9.47 Å². The van der Waals surface area contributed by atoms with Crippen LogP contribution in [0.15, 0.2) is 24.3 Å². The van der Waals surface area contributed by atoms with Crippen molar-refractivity contribution in [3.63, 3.8) is 0 Å². The van der Waals surface area contributed by atoms with Crippen LogP contribution in [-0.4, -0.2) is 6.79 Å². The summed E-state index contributed by atoms with van der Waals surface area (Å²) in [5, 5.41) is 7.32. The van der Waals surface area contributed by atoms with E-state index in [9.17, 15) is 0 Å². The second-order valence-corrected chi connectivity index (χ2v) is 2.08. The number of para-hydroxylation sites is 2. The van der Waals surface area contributed by atoms with Crippen LogP contribution in [0.1, 0.15) is 6.92 Å². The van der Waals surface area contributed by atoms with Crippen LogP contribution in [0.2, 0.25) is 0 Å². The van der Waals surface area contributed by atoms with E-state index in [-0.39, 0.29) is 0 Å². The molecule has 0 atom stereocenters. The zero-order valence-electron chi connectivity index (χ0n) is 6.78. The number of hydrogen-bond donors (Lipinski definition) is 0. The molecule has 0 fully saturated rings. The summed E-state index contributed by atoms with van der Waals surface area (Å²) < 4.78 is 10.2. The predicted molar refractivity (Wildman–Crippen MR) is 43.9 cm³/mol. The van der Waals surface area contributed by atoms with Crippen molar-refractivity contribution in [2.75, 3.05) is 6.79 Å². The Morgan fingerprint density at radius 3 is 2.08 bits per heavy atom. The first-order valence-electron chi connectivity index (χ1n) is 3.54. The summed E-state index contributed by atoms with van der Waals surface area (Å²) in [5.41, 5.74) is 0. The van der Waals surface area contributed by atoms with Gasteiger partial charge < -0.3 is 9.47 Å². The molecule has 0 amide bonds. The van der Waals surface area contributed by atoms with E-state index >= 15 is 0 Å². The Morgan fingerprint density at radius 1 is 1.25 bits per heavy atom. The van der Waals surface area contributed by atoms with Crippen LogP contribution in [0.3, 0.4) is 0 Å². The number of nitriles is 1. The maximum atomic E-state index is 7.32. The molecule has 1 aliphatic rings. The first-order valence-corrected chi connectivity index (χ1v) is 3.54. The van der Waals surface area contributed by atoms with Gasteiger partial charge in [0.2, 0.25) is 6.79 Å². The highest BCUT2D eigenvalue weighted by molar-refractivity contribution is 5.40. The minimum Gasteiger partial charge on any atom is -0.454 e. The molecule has 0 saturated heterocycles. The van der Waals surface area contributed by atoms with Crippen molar-refractivity contribution >= 4 is 0 Å². The van der Waals surface area contributed by atoms with E-state index in [1.54, 1.807) is 6.07 Å². The lowest BCUT2D eigenvalue weighted by atomic mass is 10.3. The van der Waals surface area contributed by atoms with Crippen molar-refractivity contribution in [3.05, 3.63) is 24.3 Å². The molecule has 0 bridgehead atoms. The summed E-state index contributed by atoms with van der Waals surface area (Å²) >= 11 is 0. The molecule has 0 aliphatic carbocycles. The molecule has 0 saturated carbocycles. The zero-order valence-corrected chi connectivity index (χ0v) is 6.78. The Balaban J connectivity index is 0.000000213. The van der Waals surface area contributed by atoms with Crippen molar-refractivity contribution in [1.82, 2.24) is 0 Å². The summed E-state index contributed by atoms with van der Waals surface area (Å²) in [6.07, 6.45) is 0. The minimum absolute atomic E-state index is 0.360. The van der Waals surface area contributed by atoms with E-state index in [4.69, 9.17) is 14.7 Å². The van der Waals surface area contributed by atoms with E-state index in [0.29, 0.717) is 6.79 Å². The van der Waals surface area contributed by atoms with Crippen molar-refractivity contribution in [3.8, 4) is 17.6 Å². The largest absolute Gasteiger partial charge is 0.454 e. The number of rotatable bonds is 0. The van der Waals surface area contributed by atoms with E-state index in [0.717, 1.165) is 11.5 Å². The number of fused-ring (bicyclic) bond motifs is 1. The molecular weight excluding hydrogens is 154 g/mol. The third-order valence-corrected chi connectivity index (χ3v) is 1.28. The highest BCUT2D eigenvalue weighted by atomic mass is 16.7. The first kappa shape index (κ1) is 8.41. The first-order chi connectivity index (χ1) is 5.88. The summed E-state index contributed by atoms with van der Waals surface area (Å²) in [5.74, 6) is 1.69. The molecule has 1 aromatic rings. The fraction of sp³-hybridized carbons (Fsp3) is 0.222. The van der Waals surface area contributed by atoms with Crippen molar-refractivity contribution in [1.29, 1.82) is 5.26 Å². The standard InChI is InChI=1S/C7H6O2.C2H3N/c1-2-4-7-6(3-1)8-5-9-7;1-2-3/h1-4H,5H2;1H3. The number of ether oxygens (including phenoxy) is 2. The van der Waals surface area contributed by atoms with Gasteiger partial charge in [0, 0.05) is 6.92 Å². The second-order valence-electron chi connectivity index (χ2n) is 2.08. The summed E-state index contributed by atoms with van der Waals surface area (Å²) in [6.45, 7) is 1.79. The van der Waals surface area contributed by atoms with Gasteiger partial charge in [-0.05, 0) is 12.1 Å². The van der Waals surface area contributed by atoms with Gasteiger partial charge >= 0.3 is 0 Å². The Bertz CT molecular complexity index is 268. The molecule has 0 unspecified atom stereocenters. The maximum absolute atomic E-state index is 7.32. The van der Waals surface area contributed by atoms with Gasteiger partial charge in [-0.1, -0.05) is 12.1 Å². The van der Waals surface area contributed by atoms with Gasteiger partial charge in [-0.25, -0.2) is 0 Å².